The number of rotatable bonds is 3. The van der Waals surface area contributed by atoms with Crippen molar-refractivity contribution < 1.29 is 0 Å². The van der Waals surface area contributed by atoms with E-state index in [1.165, 1.54) is 58.0 Å². The minimum atomic E-state index is 0.780. The molecule has 82 valence electrons. The summed E-state index contributed by atoms with van der Waals surface area (Å²) in [6.07, 6.45) is 10.00. The van der Waals surface area contributed by atoms with Crippen LogP contribution in [0.25, 0.3) is 0 Å². The Morgan fingerprint density at radius 3 is 2.50 bits per heavy atom. The molecule has 1 aliphatic carbocycles. The van der Waals surface area contributed by atoms with E-state index in [9.17, 15) is 0 Å². The van der Waals surface area contributed by atoms with Crippen LogP contribution in [-0.2, 0) is 0 Å². The van der Waals surface area contributed by atoms with Crippen LogP contribution in [0.1, 0.15) is 44.9 Å². The van der Waals surface area contributed by atoms with Gasteiger partial charge in [0, 0.05) is 18.6 Å². The molecule has 2 nitrogen and oxygen atoms in total. The fourth-order valence-corrected chi connectivity index (χ4v) is 2.93. The molecule has 1 heterocycles. The number of hydrogen-bond acceptors (Lipinski definition) is 2. The fourth-order valence-electron chi connectivity index (χ4n) is 2.93. The summed E-state index contributed by atoms with van der Waals surface area (Å²) in [6.45, 7) is 2.51. The Kier molecular flexibility index (Phi) is 3.82. The summed E-state index contributed by atoms with van der Waals surface area (Å²) in [4.78, 5) is 2.60. The van der Waals surface area contributed by atoms with Crippen molar-refractivity contribution >= 4 is 0 Å². The molecule has 2 heteroatoms. The number of hydrogen-bond donors (Lipinski definition) is 1. The third kappa shape index (κ3) is 2.71. The zero-order valence-electron chi connectivity index (χ0n) is 9.47. The fraction of sp³-hybridized carbons (Fsp3) is 1.00. The zero-order valence-corrected chi connectivity index (χ0v) is 9.47. The Labute approximate surface area is 88.1 Å². The molecule has 0 radical (unpaired) electrons. The van der Waals surface area contributed by atoms with Crippen LogP contribution in [0.2, 0.25) is 0 Å². The van der Waals surface area contributed by atoms with E-state index in [4.69, 9.17) is 0 Å². The Bertz CT molecular complexity index is 158. The molecule has 1 saturated heterocycles. The van der Waals surface area contributed by atoms with Gasteiger partial charge in [-0.05, 0) is 39.3 Å². The van der Waals surface area contributed by atoms with E-state index in [-0.39, 0.29) is 0 Å². The summed E-state index contributed by atoms with van der Waals surface area (Å²) < 4.78 is 0. The van der Waals surface area contributed by atoms with Gasteiger partial charge in [-0.3, -0.25) is 0 Å². The van der Waals surface area contributed by atoms with Crippen LogP contribution in [0.4, 0.5) is 0 Å². The van der Waals surface area contributed by atoms with Crippen LogP contribution >= 0.6 is 0 Å². The maximum atomic E-state index is 3.58. The highest BCUT2D eigenvalue weighted by atomic mass is 15.2. The van der Waals surface area contributed by atoms with Crippen molar-refractivity contribution in [2.45, 2.75) is 57.0 Å². The van der Waals surface area contributed by atoms with Crippen molar-refractivity contribution in [2.75, 3.05) is 20.1 Å². The Morgan fingerprint density at radius 1 is 1.07 bits per heavy atom. The van der Waals surface area contributed by atoms with Crippen molar-refractivity contribution in [3.63, 3.8) is 0 Å². The summed E-state index contributed by atoms with van der Waals surface area (Å²) in [5.74, 6) is 0. The van der Waals surface area contributed by atoms with Crippen LogP contribution < -0.4 is 5.32 Å². The van der Waals surface area contributed by atoms with Crippen LogP contribution in [0.15, 0.2) is 0 Å². The first-order valence-corrected chi connectivity index (χ1v) is 6.30. The maximum Gasteiger partial charge on any atom is 0.0195 e. The molecule has 0 aromatic carbocycles. The molecule has 0 bridgehead atoms. The highest BCUT2D eigenvalue weighted by molar-refractivity contribution is 4.81. The van der Waals surface area contributed by atoms with Gasteiger partial charge in [-0.2, -0.15) is 0 Å². The number of likely N-dealkylation sites (N-methyl/N-ethyl adjacent to an activating group) is 1. The third-order valence-corrected chi connectivity index (χ3v) is 3.87. The molecule has 0 aromatic heterocycles. The predicted octanol–water partition coefficient (Wildman–Crippen LogP) is 2.00. The van der Waals surface area contributed by atoms with Gasteiger partial charge in [0.25, 0.3) is 0 Å². The quantitative estimate of drug-likeness (QED) is 0.743. The van der Waals surface area contributed by atoms with Gasteiger partial charge in [-0.15, -0.1) is 0 Å². The summed E-state index contributed by atoms with van der Waals surface area (Å²) >= 11 is 0. The molecule has 1 saturated carbocycles. The summed E-state index contributed by atoms with van der Waals surface area (Å²) in [5.41, 5.74) is 0. The lowest BCUT2D eigenvalue weighted by molar-refractivity contribution is 0.178. The van der Waals surface area contributed by atoms with E-state index in [0.29, 0.717) is 0 Å². The Hall–Kier alpha value is -0.0800. The molecule has 2 rings (SSSR count). The first-order chi connectivity index (χ1) is 6.86. The van der Waals surface area contributed by atoms with Crippen molar-refractivity contribution in [3.05, 3.63) is 0 Å². The molecule has 1 N–H and O–H groups in total. The van der Waals surface area contributed by atoms with E-state index < -0.39 is 0 Å². The lowest BCUT2D eigenvalue weighted by atomic mass is 9.94. The summed E-state index contributed by atoms with van der Waals surface area (Å²) in [5, 5.41) is 3.58. The van der Waals surface area contributed by atoms with Gasteiger partial charge < -0.3 is 10.2 Å². The minimum absolute atomic E-state index is 0.780. The Morgan fingerprint density at radius 2 is 1.86 bits per heavy atom. The minimum Gasteiger partial charge on any atom is -0.313 e. The van der Waals surface area contributed by atoms with E-state index >= 15 is 0 Å². The van der Waals surface area contributed by atoms with E-state index in [1.807, 2.05) is 0 Å². The maximum absolute atomic E-state index is 3.58. The molecule has 1 atom stereocenters. The smallest absolute Gasteiger partial charge is 0.0195 e. The number of nitrogens with zero attached hydrogens (tertiary/aromatic N) is 1. The molecule has 14 heavy (non-hydrogen) atoms. The SMILES string of the molecule is CN(CC1CCCN1)C1CCCCC1. The zero-order chi connectivity index (χ0) is 9.80. The second kappa shape index (κ2) is 5.13. The Balaban J connectivity index is 1.72. The second-order valence-electron chi connectivity index (χ2n) is 5.02. The average molecular weight is 196 g/mol. The van der Waals surface area contributed by atoms with Gasteiger partial charge in [0.2, 0.25) is 0 Å². The standard InChI is InChI=1S/C12H24N2/c1-14(10-11-6-5-9-13-11)12-7-3-2-4-8-12/h11-13H,2-10H2,1H3. The predicted molar refractivity (Wildman–Crippen MR) is 60.5 cm³/mol. The highest BCUT2D eigenvalue weighted by Gasteiger charge is 2.22. The molecular weight excluding hydrogens is 172 g/mol. The topological polar surface area (TPSA) is 15.3 Å². The van der Waals surface area contributed by atoms with Gasteiger partial charge in [0.05, 0.1) is 0 Å². The first kappa shape index (κ1) is 10.4. The molecule has 0 spiro atoms. The molecule has 1 aliphatic heterocycles. The van der Waals surface area contributed by atoms with Crippen LogP contribution in [0, 0.1) is 0 Å². The van der Waals surface area contributed by atoms with Gasteiger partial charge >= 0.3 is 0 Å². The van der Waals surface area contributed by atoms with Crippen molar-refractivity contribution in [2.24, 2.45) is 0 Å². The highest BCUT2D eigenvalue weighted by Crippen LogP contribution is 2.22. The molecule has 0 aromatic rings. The molecule has 0 amide bonds. The normalized spacial score (nSPS) is 30.0. The third-order valence-electron chi connectivity index (χ3n) is 3.87. The van der Waals surface area contributed by atoms with Gasteiger partial charge in [0.1, 0.15) is 0 Å². The average Bonchev–Trinajstić information content (AvgIpc) is 2.72. The molecule has 2 fully saturated rings. The monoisotopic (exact) mass is 196 g/mol. The van der Waals surface area contributed by atoms with E-state index in [2.05, 4.69) is 17.3 Å². The van der Waals surface area contributed by atoms with Crippen molar-refractivity contribution in [1.29, 1.82) is 0 Å². The summed E-state index contributed by atoms with van der Waals surface area (Å²) in [6, 6.07) is 1.66. The number of nitrogens with one attached hydrogen (secondary N) is 1. The van der Waals surface area contributed by atoms with Gasteiger partial charge in [-0.1, -0.05) is 19.3 Å². The van der Waals surface area contributed by atoms with E-state index in [0.717, 1.165) is 12.1 Å². The van der Waals surface area contributed by atoms with Crippen LogP contribution in [-0.4, -0.2) is 37.1 Å². The molecule has 2 aliphatic rings. The molecular formula is C12H24N2. The van der Waals surface area contributed by atoms with Crippen LogP contribution in [0.5, 0.6) is 0 Å². The van der Waals surface area contributed by atoms with Crippen LogP contribution in [0.3, 0.4) is 0 Å². The second-order valence-corrected chi connectivity index (χ2v) is 5.02. The largest absolute Gasteiger partial charge is 0.313 e. The first-order valence-electron chi connectivity index (χ1n) is 6.30. The van der Waals surface area contributed by atoms with Crippen molar-refractivity contribution in [3.8, 4) is 0 Å². The molecule has 1 unspecified atom stereocenters. The van der Waals surface area contributed by atoms with Crippen molar-refractivity contribution in [1.82, 2.24) is 10.2 Å². The summed E-state index contributed by atoms with van der Waals surface area (Å²) in [7, 11) is 2.32. The lowest BCUT2D eigenvalue weighted by Gasteiger charge is -2.32. The lowest BCUT2D eigenvalue weighted by Crippen LogP contribution is -2.41. The van der Waals surface area contributed by atoms with Gasteiger partial charge in [0.15, 0.2) is 0 Å². The van der Waals surface area contributed by atoms with E-state index in [1.54, 1.807) is 0 Å². The van der Waals surface area contributed by atoms with Gasteiger partial charge in [-0.25, -0.2) is 0 Å².